The van der Waals surface area contributed by atoms with E-state index in [1.165, 1.54) is 4.57 Å². The summed E-state index contributed by atoms with van der Waals surface area (Å²) in [5.74, 6) is 0.367. The molecule has 1 N–H and O–H groups in total. The highest BCUT2D eigenvalue weighted by molar-refractivity contribution is 5.58. The van der Waals surface area contributed by atoms with E-state index in [4.69, 9.17) is 9.84 Å². The van der Waals surface area contributed by atoms with Gasteiger partial charge in [-0.1, -0.05) is 0 Å². The Morgan fingerprint density at radius 2 is 2.42 bits per heavy atom. The van der Waals surface area contributed by atoms with Gasteiger partial charge in [-0.15, -0.1) is 0 Å². The molecule has 0 bridgehead atoms. The minimum absolute atomic E-state index is 0.0239. The van der Waals surface area contributed by atoms with Crippen molar-refractivity contribution in [2.45, 2.75) is 25.2 Å². The van der Waals surface area contributed by atoms with Gasteiger partial charge < -0.3 is 14.7 Å². The Hall–Kier alpha value is -1.73. The van der Waals surface area contributed by atoms with Crippen LogP contribution < -0.4 is 5.69 Å². The first kappa shape index (κ1) is 13.7. The van der Waals surface area contributed by atoms with Crippen LogP contribution in [0.4, 0.5) is 5.82 Å². The third kappa shape index (κ3) is 3.39. The molecule has 0 spiro atoms. The average Bonchev–Trinajstić information content (AvgIpc) is 2.85. The molecule has 7 heteroatoms. The second kappa shape index (κ2) is 5.94. The molecular weight excluding hydrogens is 248 g/mol. The molecule has 1 aromatic rings. The molecule has 104 valence electrons. The lowest BCUT2D eigenvalue weighted by Gasteiger charge is -2.14. The zero-order chi connectivity index (χ0) is 13.8. The molecule has 0 aliphatic carbocycles. The molecule has 1 aliphatic heterocycles. The van der Waals surface area contributed by atoms with Crippen LogP contribution in [0.2, 0.25) is 0 Å². The van der Waals surface area contributed by atoms with Gasteiger partial charge in [-0.3, -0.25) is 4.57 Å². The van der Waals surface area contributed by atoms with Crippen LogP contribution in [-0.4, -0.2) is 52.7 Å². The van der Waals surface area contributed by atoms with E-state index in [-0.39, 0.29) is 18.9 Å². The quantitative estimate of drug-likeness (QED) is 0.619. The van der Waals surface area contributed by atoms with Crippen LogP contribution in [0, 0.1) is 0 Å². The third-order valence-corrected chi connectivity index (χ3v) is 2.84. The fourth-order valence-corrected chi connectivity index (χ4v) is 1.90. The summed E-state index contributed by atoms with van der Waals surface area (Å²) in [5, 5.41) is 9.01. The monoisotopic (exact) mass is 266 g/mol. The van der Waals surface area contributed by atoms with Crippen LogP contribution in [0.15, 0.2) is 22.1 Å². The van der Waals surface area contributed by atoms with E-state index in [0.717, 1.165) is 6.42 Å². The largest absolute Gasteiger partial charge is 0.394 e. The molecule has 2 atom stereocenters. The number of aliphatic hydroxyl groups is 1. The Kier molecular flexibility index (Phi) is 4.28. The zero-order valence-corrected chi connectivity index (χ0v) is 11.1. The molecule has 0 saturated carbocycles. The summed E-state index contributed by atoms with van der Waals surface area (Å²) < 4.78 is 6.98. The van der Waals surface area contributed by atoms with Crippen molar-refractivity contribution < 1.29 is 9.84 Å². The number of hydrogen-bond acceptors (Lipinski definition) is 5. The van der Waals surface area contributed by atoms with E-state index in [1.54, 1.807) is 23.5 Å². The highest BCUT2D eigenvalue weighted by Gasteiger charge is 2.26. The van der Waals surface area contributed by atoms with Gasteiger partial charge >= 0.3 is 5.69 Å². The molecule has 0 radical (unpaired) electrons. The van der Waals surface area contributed by atoms with Crippen molar-refractivity contribution in [2.75, 3.05) is 20.7 Å². The van der Waals surface area contributed by atoms with Gasteiger partial charge in [0.15, 0.2) is 5.82 Å². The fraction of sp³-hybridized carbons (Fsp3) is 0.583. The van der Waals surface area contributed by atoms with Gasteiger partial charge in [0.2, 0.25) is 0 Å². The lowest BCUT2D eigenvalue weighted by molar-refractivity contribution is -0.0245. The number of aromatic nitrogens is 2. The summed E-state index contributed by atoms with van der Waals surface area (Å²) in [7, 11) is 3.68. The first-order chi connectivity index (χ1) is 9.10. The van der Waals surface area contributed by atoms with Crippen LogP contribution in [0.1, 0.15) is 19.1 Å². The number of aliphatic hydroxyl groups excluding tert-OH is 1. The lowest BCUT2D eigenvalue weighted by Crippen LogP contribution is -2.27. The van der Waals surface area contributed by atoms with Gasteiger partial charge in [-0.25, -0.2) is 9.79 Å². The molecular formula is C12H18N4O3. The second-order valence-electron chi connectivity index (χ2n) is 4.66. The van der Waals surface area contributed by atoms with Gasteiger partial charge in [0.05, 0.1) is 19.0 Å². The van der Waals surface area contributed by atoms with E-state index in [2.05, 4.69) is 9.98 Å². The minimum Gasteiger partial charge on any atom is -0.394 e. The SMILES string of the molecule is CN(C)C=Nc1ccn(C2CCC(CO)O2)c(=O)n1. The Balaban J connectivity index is 2.14. The molecule has 7 nitrogen and oxygen atoms in total. The van der Waals surface area contributed by atoms with E-state index in [9.17, 15) is 4.79 Å². The Morgan fingerprint density at radius 3 is 3.00 bits per heavy atom. The Morgan fingerprint density at radius 1 is 1.63 bits per heavy atom. The third-order valence-electron chi connectivity index (χ3n) is 2.84. The smallest absolute Gasteiger partial charge is 0.351 e. The number of nitrogens with zero attached hydrogens (tertiary/aromatic N) is 4. The van der Waals surface area contributed by atoms with E-state index in [0.29, 0.717) is 12.2 Å². The normalized spacial score (nSPS) is 23.1. The van der Waals surface area contributed by atoms with Gasteiger partial charge in [-0.05, 0) is 18.9 Å². The maximum absolute atomic E-state index is 11.9. The minimum atomic E-state index is -0.392. The number of rotatable bonds is 4. The molecule has 1 fully saturated rings. The fourth-order valence-electron chi connectivity index (χ4n) is 1.90. The van der Waals surface area contributed by atoms with Gasteiger partial charge in [-0.2, -0.15) is 4.98 Å². The number of hydrogen-bond donors (Lipinski definition) is 1. The van der Waals surface area contributed by atoms with Crippen molar-refractivity contribution in [3.05, 3.63) is 22.7 Å². The summed E-state index contributed by atoms with van der Waals surface area (Å²) in [5.41, 5.74) is -0.392. The first-order valence-electron chi connectivity index (χ1n) is 6.16. The van der Waals surface area contributed by atoms with Crippen molar-refractivity contribution in [1.82, 2.24) is 14.5 Å². The predicted molar refractivity (Wildman–Crippen MR) is 70.6 cm³/mol. The Labute approximate surface area is 111 Å². The second-order valence-corrected chi connectivity index (χ2v) is 4.66. The summed E-state index contributed by atoms with van der Waals surface area (Å²) in [4.78, 5) is 21.6. The van der Waals surface area contributed by atoms with Crippen LogP contribution >= 0.6 is 0 Å². The summed E-state index contributed by atoms with van der Waals surface area (Å²) in [6.07, 6.45) is 4.12. The molecule has 1 saturated heterocycles. The molecule has 2 unspecified atom stereocenters. The molecule has 2 heterocycles. The molecule has 1 aromatic heterocycles. The van der Waals surface area contributed by atoms with Crippen molar-refractivity contribution in [3.8, 4) is 0 Å². The van der Waals surface area contributed by atoms with Crippen LogP contribution in [0.3, 0.4) is 0 Å². The number of ether oxygens (including phenoxy) is 1. The molecule has 1 aliphatic rings. The number of aliphatic imine (C=N–C) groups is 1. The molecule has 0 amide bonds. The average molecular weight is 266 g/mol. The molecule has 19 heavy (non-hydrogen) atoms. The highest BCUT2D eigenvalue weighted by Crippen LogP contribution is 2.26. The zero-order valence-electron chi connectivity index (χ0n) is 11.1. The van der Waals surface area contributed by atoms with Gasteiger partial charge in [0.1, 0.15) is 6.23 Å². The van der Waals surface area contributed by atoms with Crippen molar-refractivity contribution in [2.24, 2.45) is 4.99 Å². The summed E-state index contributed by atoms with van der Waals surface area (Å²) in [6.45, 7) is -0.0239. The van der Waals surface area contributed by atoms with E-state index >= 15 is 0 Å². The highest BCUT2D eigenvalue weighted by atomic mass is 16.5. The molecule has 0 aromatic carbocycles. The van der Waals surface area contributed by atoms with Crippen LogP contribution in [0.25, 0.3) is 0 Å². The maximum Gasteiger partial charge on any atom is 0.351 e. The van der Waals surface area contributed by atoms with Gasteiger partial charge in [0.25, 0.3) is 0 Å². The molecule has 2 rings (SSSR count). The van der Waals surface area contributed by atoms with Crippen molar-refractivity contribution in [1.29, 1.82) is 0 Å². The topological polar surface area (TPSA) is 80.0 Å². The Bertz CT molecular complexity index is 512. The maximum atomic E-state index is 11.9. The summed E-state index contributed by atoms with van der Waals surface area (Å²) in [6, 6.07) is 1.66. The van der Waals surface area contributed by atoms with E-state index < -0.39 is 5.69 Å². The summed E-state index contributed by atoms with van der Waals surface area (Å²) >= 11 is 0. The predicted octanol–water partition coefficient (Wildman–Crippen LogP) is 0.135. The standard InChI is InChI=1S/C12H18N4O3/c1-15(2)8-13-10-5-6-16(12(18)14-10)11-4-3-9(7-17)19-11/h5-6,8-9,11,17H,3-4,7H2,1-2H3. The van der Waals surface area contributed by atoms with Crippen molar-refractivity contribution in [3.63, 3.8) is 0 Å². The first-order valence-corrected chi connectivity index (χ1v) is 6.16. The van der Waals surface area contributed by atoms with Gasteiger partial charge in [0, 0.05) is 20.3 Å². The lowest BCUT2D eigenvalue weighted by atomic mass is 10.2. The van der Waals surface area contributed by atoms with Crippen LogP contribution in [-0.2, 0) is 4.74 Å². The van der Waals surface area contributed by atoms with E-state index in [1.807, 2.05) is 14.1 Å². The van der Waals surface area contributed by atoms with Crippen molar-refractivity contribution >= 4 is 12.2 Å². The van der Waals surface area contributed by atoms with Crippen LogP contribution in [0.5, 0.6) is 0 Å².